The molecule has 5 heterocycles. The Morgan fingerprint density at radius 3 is 2.53 bits per heavy atom. The van der Waals surface area contributed by atoms with Crippen LogP contribution >= 0.6 is 0 Å². The Labute approximate surface area is 288 Å². The van der Waals surface area contributed by atoms with E-state index in [0.29, 0.717) is 24.5 Å². The highest BCUT2D eigenvalue weighted by molar-refractivity contribution is 7.90. The van der Waals surface area contributed by atoms with Gasteiger partial charge in [0.25, 0.3) is 5.91 Å². The van der Waals surface area contributed by atoms with E-state index in [-0.39, 0.29) is 52.8 Å². The Morgan fingerprint density at radius 2 is 1.90 bits per heavy atom. The third kappa shape index (κ3) is 7.03. The number of benzene rings is 1. The van der Waals surface area contributed by atoms with Crippen LogP contribution in [0.5, 0.6) is 11.5 Å². The third-order valence-corrected chi connectivity index (χ3v) is 13.2. The maximum atomic E-state index is 14.6. The molecule has 2 aromatic rings. The second-order valence-electron chi connectivity index (χ2n) is 15.2. The van der Waals surface area contributed by atoms with E-state index in [2.05, 4.69) is 24.5 Å². The van der Waals surface area contributed by atoms with Gasteiger partial charge in [-0.25, -0.2) is 27.5 Å². The number of likely N-dealkylation sites (tertiary alicyclic amines) is 1. The molecule has 1 aromatic carbocycles. The number of aromatic nitrogens is 2. The van der Waals surface area contributed by atoms with E-state index < -0.39 is 21.1 Å². The van der Waals surface area contributed by atoms with Crippen molar-refractivity contribution in [1.82, 2.24) is 24.5 Å². The highest BCUT2D eigenvalue weighted by Crippen LogP contribution is 2.50. The van der Waals surface area contributed by atoms with Gasteiger partial charge < -0.3 is 28.9 Å². The van der Waals surface area contributed by atoms with E-state index in [4.69, 9.17) is 14.2 Å². The van der Waals surface area contributed by atoms with Crippen LogP contribution in [0.15, 0.2) is 30.7 Å². The summed E-state index contributed by atoms with van der Waals surface area (Å²) in [5.74, 6) is 0.649. The van der Waals surface area contributed by atoms with Crippen molar-refractivity contribution in [3.63, 3.8) is 0 Å². The summed E-state index contributed by atoms with van der Waals surface area (Å²) in [6, 6.07) is 4.13. The quantitative estimate of drug-likeness (QED) is 0.370. The van der Waals surface area contributed by atoms with Crippen LogP contribution in [0.4, 0.5) is 10.2 Å². The molecular weight excluding hydrogens is 651 g/mol. The number of halogens is 1. The fraction of sp³-hybridized carbons (Fsp3) is 0.686. The number of hydrogen-bond acceptors (Lipinski definition) is 10. The average Bonchev–Trinajstić information content (AvgIpc) is 3.02. The maximum Gasteiger partial charge on any atom is 0.258 e. The lowest BCUT2D eigenvalue weighted by atomic mass is 9.63. The van der Waals surface area contributed by atoms with Gasteiger partial charge in [-0.2, -0.15) is 0 Å². The first kappa shape index (κ1) is 34.5. The molecule has 0 radical (unpaired) electrons. The highest BCUT2D eigenvalue weighted by atomic mass is 32.2. The van der Waals surface area contributed by atoms with E-state index in [0.717, 1.165) is 78.0 Å². The topological polar surface area (TPSA) is 126 Å². The van der Waals surface area contributed by atoms with Gasteiger partial charge in [0, 0.05) is 49.1 Å². The molecule has 14 heteroatoms. The molecule has 49 heavy (non-hydrogen) atoms. The molecule has 268 valence electrons. The number of ether oxygens (including phenoxy) is 3. The molecule has 1 amide bonds. The number of amides is 1. The Morgan fingerprint density at radius 1 is 1.14 bits per heavy atom. The normalized spacial score (nSPS) is 25.1. The van der Waals surface area contributed by atoms with Crippen LogP contribution in [0, 0.1) is 16.6 Å². The average molecular weight is 701 g/mol. The number of anilines is 1. The molecule has 4 saturated heterocycles. The summed E-state index contributed by atoms with van der Waals surface area (Å²) in [4.78, 5) is 29.3. The fourth-order valence-corrected chi connectivity index (χ4v) is 9.78. The van der Waals surface area contributed by atoms with Gasteiger partial charge in [0.2, 0.25) is 10.0 Å². The van der Waals surface area contributed by atoms with Crippen molar-refractivity contribution in [2.45, 2.75) is 82.7 Å². The number of carbonyl (C=O) groups excluding carboxylic acids is 1. The van der Waals surface area contributed by atoms with Gasteiger partial charge in [-0.05, 0) is 83.7 Å². The van der Waals surface area contributed by atoms with Gasteiger partial charge in [0.05, 0.1) is 42.9 Å². The van der Waals surface area contributed by atoms with Crippen molar-refractivity contribution < 1.29 is 31.8 Å². The molecular formula is C35H49FN6O6S. The van der Waals surface area contributed by atoms with Crippen LogP contribution < -0.4 is 14.4 Å². The number of rotatable bonds is 11. The first-order chi connectivity index (χ1) is 23.5. The lowest BCUT2D eigenvalue weighted by molar-refractivity contribution is -0.181. The summed E-state index contributed by atoms with van der Waals surface area (Å²) in [6.07, 6.45) is 8.42. The predicted octanol–water partition coefficient (Wildman–Crippen LogP) is 3.83. The molecule has 1 aromatic heterocycles. The first-order valence-corrected chi connectivity index (χ1v) is 19.3. The zero-order valence-corrected chi connectivity index (χ0v) is 29.6. The van der Waals surface area contributed by atoms with Crippen molar-refractivity contribution in [2.24, 2.45) is 10.8 Å². The Balaban J connectivity index is 0.955. The zero-order chi connectivity index (χ0) is 34.4. The molecule has 5 aliphatic rings. The molecule has 12 nitrogen and oxygen atoms in total. The maximum absolute atomic E-state index is 14.6. The van der Waals surface area contributed by atoms with Crippen molar-refractivity contribution in [1.29, 1.82) is 0 Å². The molecule has 5 fully saturated rings. The molecule has 0 unspecified atom stereocenters. The van der Waals surface area contributed by atoms with Crippen molar-refractivity contribution in [3.05, 3.63) is 42.1 Å². The standard InChI is InChI=1S/C35H49FN6O6S/c1-4-39-49(44,45)28-7-6-27(47-18-28)17-40-11-9-34(10-12-40)19-41(20-34)32-31(16-37-23-38-32)48-30-8-5-25(36)13-29(30)33(43)42(24(2)3)26-14-35(15-26)21-46-22-35/h5,8,13,16,23-24,26-28,39H,4,6-7,9-12,14-15,17-22H2,1-3H3/t27-,28+/m0/s1. The monoisotopic (exact) mass is 700 g/mol. The van der Waals surface area contributed by atoms with E-state index >= 15 is 0 Å². The lowest BCUT2D eigenvalue weighted by Gasteiger charge is -2.56. The van der Waals surface area contributed by atoms with Crippen molar-refractivity contribution in [2.75, 3.05) is 64.0 Å². The van der Waals surface area contributed by atoms with E-state index in [1.807, 2.05) is 18.7 Å². The van der Waals surface area contributed by atoms with E-state index in [1.165, 1.54) is 24.5 Å². The Bertz CT molecular complexity index is 1610. The van der Waals surface area contributed by atoms with Gasteiger partial charge in [-0.15, -0.1) is 0 Å². The minimum absolute atomic E-state index is 0.0549. The molecule has 1 saturated carbocycles. The molecule has 2 spiro atoms. The van der Waals surface area contributed by atoms with Crippen LogP contribution in [0.25, 0.3) is 0 Å². The molecule has 2 atom stereocenters. The van der Waals surface area contributed by atoms with Gasteiger partial charge >= 0.3 is 0 Å². The van der Waals surface area contributed by atoms with Gasteiger partial charge in [0.1, 0.15) is 17.9 Å². The number of hydrogen-bond donors (Lipinski definition) is 1. The minimum atomic E-state index is -3.32. The largest absolute Gasteiger partial charge is 0.451 e. The number of sulfonamides is 1. The number of piperidine rings is 1. The van der Waals surface area contributed by atoms with Crippen LogP contribution in [0.3, 0.4) is 0 Å². The van der Waals surface area contributed by atoms with Gasteiger partial charge in [-0.3, -0.25) is 4.79 Å². The van der Waals surface area contributed by atoms with Crippen LogP contribution in [-0.4, -0.2) is 117 Å². The molecule has 0 bridgehead atoms. The summed E-state index contributed by atoms with van der Waals surface area (Å²) in [6.45, 7) is 12.3. The van der Waals surface area contributed by atoms with Crippen LogP contribution in [0.1, 0.15) is 69.7 Å². The van der Waals surface area contributed by atoms with Crippen molar-refractivity contribution in [3.8, 4) is 11.5 Å². The van der Waals surface area contributed by atoms with Crippen molar-refractivity contribution >= 4 is 21.7 Å². The first-order valence-electron chi connectivity index (χ1n) is 17.7. The summed E-state index contributed by atoms with van der Waals surface area (Å²) in [7, 11) is -3.32. The Hall–Kier alpha value is -2.91. The smallest absolute Gasteiger partial charge is 0.258 e. The summed E-state index contributed by atoms with van der Waals surface area (Å²) in [5.41, 5.74) is 0.559. The molecule has 7 rings (SSSR count). The molecule has 1 N–H and O–H groups in total. The second kappa shape index (κ2) is 13.7. The number of nitrogens with zero attached hydrogens (tertiary/aromatic N) is 5. The fourth-order valence-electron chi connectivity index (χ4n) is 8.44. The van der Waals surface area contributed by atoms with Gasteiger partial charge in [-0.1, -0.05) is 6.92 Å². The van der Waals surface area contributed by atoms with Crippen LogP contribution in [0.2, 0.25) is 0 Å². The van der Waals surface area contributed by atoms with E-state index in [1.54, 1.807) is 13.1 Å². The zero-order valence-electron chi connectivity index (χ0n) is 28.8. The minimum Gasteiger partial charge on any atom is -0.451 e. The Kier molecular flexibility index (Phi) is 9.63. The SMILES string of the molecule is CCNS(=O)(=O)[C@@H]1CC[C@@H](CN2CCC3(CC2)CN(c2ncncc2Oc2ccc(F)cc2C(=O)N(C(C)C)C2CC4(COC4)C2)C3)OC1. The summed E-state index contributed by atoms with van der Waals surface area (Å²) in [5, 5.41) is -0.474. The number of carbonyl (C=O) groups is 1. The van der Waals surface area contributed by atoms with E-state index in [9.17, 15) is 17.6 Å². The predicted molar refractivity (Wildman–Crippen MR) is 182 cm³/mol. The molecule has 1 aliphatic carbocycles. The van der Waals surface area contributed by atoms with Gasteiger partial charge in [0.15, 0.2) is 11.6 Å². The van der Waals surface area contributed by atoms with Crippen LogP contribution in [-0.2, 0) is 19.5 Å². The highest BCUT2D eigenvalue weighted by Gasteiger charge is 2.53. The lowest BCUT2D eigenvalue weighted by Crippen LogP contribution is -2.62. The molecule has 4 aliphatic heterocycles. The second-order valence-corrected chi connectivity index (χ2v) is 17.2. The summed E-state index contributed by atoms with van der Waals surface area (Å²) >= 11 is 0. The number of nitrogens with one attached hydrogen (secondary N) is 1. The third-order valence-electron chi connectivity index (χ3n) is 11.2. The summed E-state index contributed by atoms with van der Waals surface area (Å²) < 4.78 is 59.7.